The molecule has 25 heavy (non-hydrogen) atoms. The Hall–Kier alpha value is -1.50. The Morgan fingerprint density at radius 2 is 1.92 bits per heavy atom. The van der Waals surface area contributed by atoms with Crippen LogP contribution in [0.3, 0.4) is 0 Å². The molecular weight excluding hydrogens is 400 g/mol. The molecule has 1 aromatic heterocycles. The Kier molecular flexibility index (Phi) is 6.19. The molecule has 0 spiro atoms. The van der Waals surface area contributed by atoms with Crippen molar-refractivity contribution >= 4 is 40.7 Å². The SMILES string of the molecule is CC(CNC(=O)c1cccc(Cl)c1Cl)c1ncc(C(F)(F)F)cc1Cl. The molecule has 3 nitrogen and oxygen atoms in total. The van der Waals surface area contributed by atoms with Crippen molar-refractivity contribution < 1.29 is 18.0 Å². The number of amides is 1. The van der Waals surface area contributed by atoms with Gasteiger partial charge >= 0.3 is 6.18 Å². The highest BCUT2D eigenvalue weighted by molar-refractivity contribution is 6.43. The van der Waals surface area contributed by atoms with Crippen LogP contribution < -0.4 is 5.32 Å². The second kappa shape index (κ2) is 7.81. The van der Waals surface area contributed by atoms with Gasteiger partial charge in [-0.3, -0.25) is 9.78 Å². The fraction of sp³-hybridized carbons (Fsp3) is 0.250. The minimum absolute atomic E-state index is 0.111. The fourth-order valence-corrected chi connectivity index (χ4v) is 2.82. The average molecular weight is 412 g/mol. The van der Waals surface area contributed by atoms with Gasteiger partial charge in [-0.15, -0.1) is 0 Å². The first kappa shape index (κ1) is 19.8. The van der Waals surface area contributed by atoms with Crippen LogP contribution in [0, 0.1) is 0 Å². The van der Waals surface area contributed by atoms with Crippen molar-refractivity contribution in [1.29, 1.82) is 0 Å². The van der Waals surface area contributed by atoms with Crippen molar-refractivity contribution in [3.8, 4) is 0 Å². The number of halogens is 6. The van der Waals surface area contributed by atoms with E-state index in [2.05, 4.69) is 10.3 Å². The molecular formula is C16H12Cl3F3N2O. The van der Waals surface area contributed by atoms with Crippen LogP contribution in [-0.2, 0) is 6.18 Å². The van der Waals surface area contributed by atoms with Gasteiger partial charge in [-0.05, 0) is 18.2 Å². The summed E-state index contributed by atoms with van der Waals surface area (Å²) in [5.74, 6) is -0.862. The molecule has 2 aromatic rings. The number of nitrogens with one attached hydrogen (secondary N) is 1. The average Bonchev–Trinajstić information content (AvgIpc) is 2.54. The summed E-state index contributed by atoms with van der Waals surface area (Å²) in [6, 6.07) is 5.46. The Balaban J connectivity index is 2.09. The molecule has 9 heteroatoms. The molecule has 0 radical (unpaired) electrons. The van der Waals surface area contributed by atoms with Crippen molar-refractivity contribution in [2.45, 2.75) is 19.0 Å². The van der Waals surface area contributed by atoms with E-state index in [9.17, 15) is 18.0 Å². The monoisotopic (exact) mass is 410 g/mol. The van der Waals surface area contributed by atoms with Crippen LogP contribution in [0.2, 0.25) is 15.1 Å². The lowest BCUT2D eigenvalue weighted by atomic mass is 10.1. The summed E-state index contributed by atoms with van der Waals surface area (Å²) in [6.07, 6.45) is -3.80. The van der Waals surface area contributed by atoms with Crippen molar-refractivity contribution in [2.75, 3.05) is 6.54 Å². The molecule has 0 bridgehead atoms. The Morgan fingerprint density at radius 3 is 2.52 bits per heavy atom. The lowest BCUT2D eigenvalue weighted by molar-refractivity contribution is -0.137. The van der Waals surface area contributed by atoms with Gasteiger partial charge in [0.2, 0.25) is 0 Å². The first-order valence-electron chi connectivity index (χ1n) is 7.06. The van der Waals surface area contributed by atoms with Gasteiger partial charge in [-0.1, -0.05) is 47.8 Å². The van der Waals surface area contributed by atoms with Crippen LogP contribution in [0.25, 0.3) is 0 Å². The largest absolute Gasteiger partial charge is 0.417 e. The van der Waals surface area contributed by atoms with E-state index in [1.807, 2.05) is 0 Å². The van der Waals surface area contributed by atoms with Crippen LogP contribution in [0.15, 0.2) is 30.5 Å². The summed E-state index contributed by atoms with van der Waals surface area (Å²) in [6.45, 7) is 1.79. The number of pyridine rings is 1. The number of hydrogen-bond acceptors (Lipinski definition) is 2. The first-order valence-corrected chi connectivity index (χ1v) is 8.19. The van der Waals surface area contributed by atoms with Crippen molar-refractivity contribution in [3.63, 3.8) is 0 Å². The summed E-state index contributed by atoms with van der Waals surface area (Å²) in [4.78, 5) is 15.9. The van der Waals surface area contributed by atoms with Gasteiger partial charge in [0.15, 0.2) is 0 Å². The minimum atomic E-state index is -4.52. The third-order valence-electron chi connectivity index (χ3n) is 3.43. The van der Waals surface area contributed by atoms with E-state index in [4.69, 9.17) is 34.8 Å². The highest BCUT2D eigenvalue weighted by Gasteiger charge is 2.32. The summed E-state index contributed by atoms with van der Waals surface area (Å²) in [7, 11) is 0. The molecule has 0 fully saturated rings. The highest BCUT2D eigenvalue weighted by Crippen LogP contribution is 2.32. The van der Waals surface area contributed by atoms with Crippen molar-refractivity contribution in [1.82, 2.24) is 10.3 Å². The number of carbonyl (C=O) groups excluding carboxylic acids is 1. The normalized spacial score (nSPS) is 12.8. The van der Waals surface area contributed by atoms with Gasteiger partial charge in [-0.25, -0.2) is 0 Å². The van der Waals surface area contributed by atoms with E-state index in [1.165, 1.54) is 6.07 Å². The van der Waals surface area contributed by atoms with E-state index in [0.717, 1.165) is 6.07 Å². The predicted molar refractivity (Wildman–Crippen MR) is 91.5 cm³/mol. The molecule has 1 aromatic carbocycles. The molecule has 1 amide bonds. The number of nitrogens with zero attached hydrogens (tertiary/aromatic N) is 1. The zero-order valence-electron chi connectivity index (χ0n) is 12.8. The minimum Gasteiger partial charge on any atom is -0.351 e. The topological polar surface area (TPSA) is 42.0 Å². The van der Waals surface area contributed by atoms with Crippen molar-refractivity contribution in [2.24, 2.45) is 0 Å². The smallest absolute Gasteiger partial charge is 0.351 e. The van der Waals surface area contributed by atoms with E-state index in [0.29, 0.717) is 6.20 Å². The number of hydrogen-bond donors (Lipinski definition) is 1. The molecule has 134 valence electrons. The lowest BCUT2D eigenvalue weighted by Crippen LogP contribution is -2.28. The maximum Gasteiger partial charge on any atom is 0.417 e. The van der Waals surface area contributed by atoms with E-state index in [1.54, 1.807) is 19.1 Å². The van der Waals surface area contributed by atoms with E-state index >= 15 is 0 Å². The van der Waals surface area contributed by atoms with Crippen molar-refractivity contribution in [3.05, 3.63) is 62.4 Å². The Morgan fingerprint density at radius 1 is 1.24 bits per heavy atom. The van der Waals surface area contributed by atoms with Gasteiger partial charge in [0, 0.05) is 18.7 Å². The second-order valence-electron chi connectivity index (χ2n) is 5.30. The van der Waals surface area contributed by atoms with E-state index in [-0.39, 0.29) is 32.9 Å². The van der Waals surface area contributed by atoms with Gasteiger partial charge in [-0.2, -0.15) is 13.2 Å². The van der Waals surface area contributed by atoms with Gasteiger partial charge in [0.1, 0.15) is 0 Å². The number of rotatable bonds is 4. The summed E-state index contributed by atoms with van der Waals surface area (Å²) < 4.78 is 37.9. The maximum absolute atomic E-state index is 12.6. The standard InChI is InChI=1S/C16H12Cl3F3N2O/c1-8(14-12(18)5-9(7-23-14)16(20,21)22)6-24-15(25)10-3-2-4-11(17)13(10)19/h2-5,7-8H,6H2,1H3,(H,24,25). The number of benzene rings is 1. The third kappa shape index (κ3) is 4.77. The zero-order chi connectivity index (χ0) is 18.8. The van der Waals surface area contributed by atoms with Gasteiger partial charge in [0.25, 0.3) is 5.91 Å². The van der Waals surface area contributed by atoms with Crippen LogP contribution in [0.5, 0.6) is 0 Å². The summed E-state index contributed by atoms with van der Waals surface area (Å²) >= 11 is 17.7. The quantitative estimate of drug-likeness (QED) is 0.712. The van der Waals surface area contributed by atoms with Crippen LogP contribution in [0.4, 0.5) is 13.2 Å². The van der Waals surface area contributed by atoms with Gasteiger partial charge < -0.3 is 5.32 Å². The summed E-state index contributed by atoms with van der Waals surface area (Å²) in [5.41, 5.74) is -0.469. The molecule has 0 aliphatic carbocycles. The molecule has 2 rings (SSSR count). The van der Waals surface area contributed by atoms with Crippen LogP contribution in [-0.4, -0.2) is 17.4 Å². The predicted octanol–water partition coefficient (Wildman–Crippen LogP) is 5.59. The lowest BCUT2D eigenvalue weighted by Gasteiger charge is -2.15. The molecule has 1 heterocycles. The van der Waals surface area contributed by atoms with Crippen LogP contribution >= 0.6 is 34.8 Å². The number of aromatic nitrogens is 1. The third-order valence-corrected chi connectivity index (χ3v) is 4.55. The number of carbonyl (C=O) groups is 1. The molecule has 1 unspecified atom stereocenters. The molecule has 0 aliphatic heterocycles. The fourth-order valence-electron chi connectivity index (χ4n) is 2.08. The highest BCUT2D eigenvalue weighted by atomic mass is 35.5. The molecule has 0 aliphatic rings. The Bertz CT molecular complexity index is 797. The maximum atomic E-state index is 12.6. The second-order valence-corrected chi connectivity index (χ2v) is 6.49. The molecule has 1 N–H and O–H groups in total. The Labute approximate surface area is 157 Å². The first-order chi connectivity index (χ1) is 11.6. The van der Waals surface area contributed by atoms with Gasteiger partial charge in [0.05, 0.1) is 31.9 Å². The molecule has 1 atom stereocenters. The van der Waals surface area contributed by atoms with E-state index < -0.39 is 23.6 Å². The zero-order valence-corrected chi connectivity index (χ0v) is 15.1. The summed E-state index contributed by atoms with van der Waals surface area (Å²) in [5, 5.41) is 2.89. The van der Waals surface area contributed by atoms with Crippen LogP contribution in [0.1, 0.15) is 34.5 Å². The number of alkyl halides is 3. The molecule has 0 saturated heterocycles. The molecule has 0 saturated carbocycles.